The number of carbonyl (C=O) groups is 2. The molecule has 6 heteroatoms. The molecule has 2 rings (SSSR count). The Bertz CT molecular complexity index is 567. The van der Waals surface area contributed by atoms with Crippen LogP contribution in [0, 0.1) is 0 Å². The van der Waals surface area contributed by atoms with Crippen LogP contribution in [0.5, 0.6) is 5.75 Å². The number of hydrogen-bond acceptors (Lipinski definition) is 5. The summed E-state index contributed by atoms with van der Waals surface area (Å²) in [5.74, 6) is -0.287. The number of aliphatic hydroxyl groups is 1. The molecule has 0 aliphatic carbocycles. The summed E-state index contributed by atoms with van der Waals surface area (Å²) in [6.07, 6.45) is 2.53. The summed E-state index contributed by atoms with van der Waals surface area (Å²) in [6, 6.07) is 5.70. The van der Waals surface area contributed by atoms with Gasteiger partial charge in [0.2, 0.25) is 5.91 Å². The monoisotopic (exact) mass is 291 g/mol. The molecule has 0 saturated heterocycles. The van der Waals surface area contributed by atoms with Gasteiger partial charge in [-0.3, -0.25) is 4.79 Å². The van der Waals surface area contributed by atoms with Crippen molar-refractivity contribution < 1.29 is 24.2 Å². The Morgan fingerprint density at radius 2 is 2.33 bits per heavy atom. The Hall–Kier alpha value is -2.34. The molecular formula is C15H17NO5. The molecule has 1 unspecified atom stereocenters. The molecule has 1 heterocycles. The molecule has 0 bridgehead atoms. The highest BCUT2D eigenvalue weighted by Crippen LogP contribution is 2.26. The summed E-state index contributed by atoms with van der Waals surface area (Å²) in [6.45, 7) is 0.502. The highest BCUT2D eigenvalue weighted by atomic mass is 16.5. The molecular weight excluding hydrogens is 274 g/mol. The van der Waals surface area contributed by atoms with Gasteiger partial charge in [0, 0.05) is 12.5 Å². The predicted molar refractivity (Wildman–Crippen MR) is 75.7 cm³/mol. The molecule has 0 saturated carbocycles. The van der Waals surface area contributed by atoms with E-state index in [1.54, 1.807) is 6.08 Å². The van der Waals surface area contributed by atoms with Crippen molar-refractivity contribution in [3.05, 3.63) is 35.4 Å². The maximum atomic E-state index is 11.6. The van der Waals surface area contributed by atoms with E-state index in [9.17, 15) is 14.7 Å². The molecule has 1 amide bonds. The lowest BCUT2D eigenvalue weighted by molar-refractivity contribution is -0.150. The van der Waals surface area contributed by atoms with Crippen molar-refractivity contribution in [2.75, 3.05) is 20.3 Å². The van der Waals surface area contributed by atoms with Crippen molar-refractivity contribution in [1.29, 1.82) is 0 Å². The van der Waals surface area contributed by atoms with E-state index in [0.29, 0.717) is 6.61 Å². The van der Waals surface area contributed by atoms with Crippen LogP contribution in [0.25, 0.3) is 6.08 Å². The summed E-state index contributed by atoms with van der Waals surface area (Å²) >= 11 is 0. The zero-order valence-electron chi connectivity index (χ0n) is 11.7. The third-order valence-corrected chi connectivity index (χ3v) is 3.08. The lowest BCUT2D eigenvalue weighted by atomic mass is 10.1. The van der Waals surface area contributed by atoms with E-state index in [4.69, 9.17) is 4.74 Å². The molecule has 21 heavy (non-hydrogen) atoms. The predicted octanol–water partition coefficient (Wildman–Crippen LogP) is 0.285. The molecule has 1 aliphatic heterocycles. The van der Waals surface area contributed by atoms with Gasteiger partial charge in [0.25, 0.3) is 0 Å². The molecule has 1 aromatic carbocycles. The second-order valence-corrected chi connectivity index (χ2v) is 4.58. The largest absolute Gasteiger partial charge is 0.493 e. The minimum absolute atomic E-state index is 0.187. The quantitative estimate of drug-likeness (QED) is 0.601. The number of esters is 1. The van der Waals surface area contributed by atoms with E-state index < -0.39 is 18.0 Å². The number of benzene rings is 1. The van der Waals surface area contributed by atoms with Gasteiger partial charge in [0.1, 0.15) is 5.75 Å². The molecule has 1 atom stereocenters. The normalized spacial score (nSPS) is 14.4. The third-order valence-electron chi connectivity index (χ3n) is 3.08. The van der Waals surface area contributed by atoms with Crippen LogP contribution in [0.1, 0.15) is 11.1 Å². The van der Waals surface area contributed by atoms with Gasteiger partial charge in [-0.25, -0.2) is 4.79 Å². The summed E-state index contributed by atoms with van der Waals surface area (Å²) in [5, 5.41) is 11.7. The van der Waals surface area contributed by atoms with Crippen molar-refractivity contribution in [2.24, 2.45) is 0 Å². The molecule has 0 fully saturated rings. The lowest BCUT2D eigenvalue weighted by Crippen LogP contribution is -2.36. The number of nitrogens with one attached hydrogen (secondary N) is 1. The Balaban J connectivity index is 1.86. The maximum absolute atomic E-state index is 11.6. The average molecular weight is 291 g/mol. The topological polar surface area (TPSA) is 84.9 Å². The Kier molecular flexibility index (Phi) is 4.94. The van der Waals surface area contributed by atoms with Crippen LogP contribution in [0.4, 0.5) is 0 Å². The number of hydrogen-bond donors (Lipinski definition) is 2. The van der Waals surface area contributed by atoms with Crippen LogP contribution < -0.4 is 10.1 Å². The Labute approximate surface area is 122 Å². The number of aliphatic hydroxyl groups excluding tert-OH is 1. The average Bonchev–Trinajstić information content (AvgIpc) is 2.97. The van der Waals surface area contributed by atoms with Crippen molar-refractivity contribution in [2.45, 2.75) is 12.5 Å². The minimum Gasteiger partial charge on any atom is -0.493 e. The fraction of sp³-hybridized carbons (Fsp3) is 0.333. The van der Waals surface area contributed by atoms with E-state index in [2.05, 4.69) is 10.1 Å². The second kappa shape index (κ2) is 6.90. The maximum Gasteiger partial charge on any atom is 0.336 e. The molecule has 1 aromatic rings. The first-order valence-corrected chi connectivity index (χ1v) is 6.57. The van der Waals surface area contributed by atoms with E-state index in [0.717, 1.165) is 23.3 Å². The standard InChI is InChI=1S/C15H17NO5/c1-20-15(19)12(17)9-16-14(18)5-3-10-2-4-13-11(8-10)6-7-21-13/h2-5,8,12,17H,6-7,9H2,1H3,(H,16,18)/b5-3+. The highest BCUT2D eigenvalue weighted by molar-refractivity contribution is 5.92. The zero-order chi connectivity index (χ0) is 15.2. The number of ether oxygens (including phenoxy) is 2. The molecule has 0 spiro atoms. The number of fused-ring (bicyclic) bond motifs is 1. The van der Waals surface area contributed by atoms with Crippen LogP contribution in [0.15, 0.2) is 24.3 Å². The molecule has 0 aromatic heterocycles. The number of amides is 1. The van der Waals surface area contributed by atoms with Crippen LogP contribution in [0.2, 0.25) is 0 Å². The summed E-state index contributed by atoms with van der Waals surface area (Å²) in [5.41, 5.74) is 2.02. The van der Waals surface area contributed by atoms with Gasteiger partial charge < -0.3 is 19.9 Å². The van der Waals surface area contributed by atoms with Gasteiger partial charge in [-0.2, -0.15) is 0 Å². The number of methoxy groups -OCH3 is 1. The van der Waals surface area contributed by atoms with Gasteiger partial charge in [-0.05, 0) is 29.3 Å². The minimum atomic E-state index is -1.36. The van der Waals surface area contributed by atoms with Crippen molar-refractivity contribution in [3.63, 3.8) is 0 Å². The summed E-state index contributed by atoms with van der Waals surface area (Å²) < 4.78 is 9.75. The van der Waals surface area contributed by atoms with Gasteiger partial charge in [-0.1, -0.05) is 6.07 Å². The van der Waals surface area contributed by atoms with Gasteiger partial charge in [0.05, 0.1) is 20.3 Å². The van der Waals surface area contributed by atoms with Crippen LogP contribution >= 0.6 is 0 Å². The van der Waals surface area contributed by atoms with Gasteiger partial charge >= 0.3 is 5.97 Å². The smallest absolute Gasteiger partial charge is 0.336 e. The first kappa shape index (κ1) is 15.1. The van der Waals surface area contributed by atoms with Gasteiger partial charge in [-0.15, -0.1) is 0 Å². The highest BCUT2D eigenvalue weighted by Gasteiger charge is 2.15. The molecule has 112 valence electrons. The van der Waals surface area contributed by atoms with Crippen molar-refractivity contribution in [1.82, 2.24) is 5.32 Å². The van der Waals surface area contributed by atoms with E-state index >= 15 is 0 Å². The molecule has 0 radical (unpaired) electrons. The Morgan fingerprint density at radius 1 is 1.52 bits per heavy atom. The fourth-order valence-electron chi connectivity index (χ4n) is 1.96. The second-order valence-electron chi connectivity index (χ2n) is 4.58. The first-order valence-electron chi connectivity index (χ1n) is 6.57. The number of rotatable bonds is 5. The lowest BCUT2D eigenvalue weighted by Gasteiger charge is -2.08. The third kappa shape index (κ3) is 4.06. The fourth-order valence-corrected chi connectivity index (χ4v) is 1.96. The zero-order valence-corrected chi connectivity index (χ0v) is 11.7. The summed E-state index contributed by atoms with van der Waals surface area (Å²) in [4.78, 5) is 22.5. The number of carbonyl (C=O) groups excluding carboxylic acids is 2. The van der Waals surface area contributed by atoms with Crippen LogP contribution in [-0.4, -0.2) is 43.3 Å². The van der Waals surface area contributed by atoms with Gasteiger partial charge in [0.15, 0.2) is 6.10 Å². The molecule has 2 N–H and O–H groups in total. The molecule has 6 nitrogen and oxygen atoms in total. The van der Waals surface area contributed by atoms with Crippen molar-refractivity contribution >= 4 is 18.0 Å². The van der Waals surface area contributed by atoms with E-state index in [1.165, 1.54) is 13.2 Å². The Morgan fingerprint density at radius 3 is 3.10 bits per heavy atom. The van der Waals surface area contributed by atoms with Crippen LogP contribution in [-0.2, 0) is 20.7 Å². The van der Waals surface area contributed by atoms with Crippen LogP contribution in [0.3, 0.4) is 0 Å². The summed E-state index contributed by atoms with van der Waals surface area (Å²) in [7, 11) is 1.17. The molecule has 1 aliphatic rings. The van der Waals surface area contributed by atoms with Crippen molar-refractivity contribution in [3.8, 4) is 5.75 Å². The SMILES string of the molecule is COC(=O)C(O)CNC(=O)/C=C/c1ccc2c(c1)CCO2. The first-order chi connectivity index (χ1) is 10.1. The van der Waals surface area contributed by atoms with E-state index in [-0.39, 0.29) is 6.54 Å². The van der Waals surface area contributed by atoms with E-state index in [1.807, 2.05) is 18.2 Å².